The Morgan fingerprint density at radius 3 is 2.96 bits per heavy atom. The Balaban J connectivity index is 1.47. The summed E-state index contributed by atoms with van der Waals surface area (Å²) in [5.74, 6) is 1.22. The van der Waals surface area contributed by atoms with Gasteiger partial charge < -0.3 is 14.8 Å². The minimum absolute atomic E-state index is 0.0945. The summed E-state index contributed by atoms with van der Waals surface area (Å²) < 4.78 is 11.1. The van der Waals surface area contributed by atoms with Crippen LogP contribution in [0.15, 0.2) is 48.8 Å². The molecule has 2 aromatic rings. The molecule has 0 radical (unpaired) electrons. The van der Waals surface area contributed by atoms with Gasteiger partial charge in [0.25, 0.3) is 0 Å². The molecule has 0 unspecified atom stereocenters. The average Bonchev–Trinajstić information content (AvgIpc) is 3.39. The van der Waals surface area contributed by atoms with Crippen molar-refractivity contribution in [1.29, 1.82) is 0 Å². The van der Waals surface area contributed by atoms with Gasteiger partial charge in [0.05, 0.1) is 6.61 Å². The molecule has 1 aromatic heterocycles. The van der Waals surface area contributed by atoms with Gasteiger partial charge in [-0.1, -0.05) is 12.1 Å². The number of hydrogen-bond acceptors (Lipinski definition) is 4. The van der Waals surface area contributed by atoms with Gasteiger partial charge in [-0.25, -0.2) is 0 Å². The third kappa shape index (κ3) is 5.38. The van der Waals surface area contributed by atoms with Gasteiger partial charge in [0.15, 0.2) is 0 Å². The SMILES string of the molecule is O=C(COCC1CC1)Nc1cccc(OCc2cccnc2)c1. The van der Waals surface area contributed by atoms with Gasteiger partial charge in [-0.05, 0) is 37.0 Å². The van der Waals surface area contributed by atoms with Crippen LogP contribution in [0.3, 0.4) is 0 Å². The zero-order valence-electron chi connectivity index (χ0n) is 12.9. The van der Waals surface area contributed by atoms with Gasteiger partial charge in [0, 0.05) is 29.7 Å². The number of nitrogens with one attached hydrogen (secondary N) is 1. The van der Waals surface area contributed by atoms with Gasteiger partial charge in [0.1, 0.15) is 19.0 Å². The van der Waals surface area contributed by atoms with Crippen LogP contribution < -0.4 is 10.1 Å². The van der Waals surface area contributed by atoms with E-state index in [1.54, 1.807) is 18.5 Å². The van der Waals surface area contributed by atoms with Gasteiger partial charge in [0.2, 0.25) is 5.91 Å². The van der Waals surface area contributed by atoms with Crippen molar-refractivity contribution in [3.8, 4) is 5.75 Å². The van der Waals surface area contributed by atoms with Crippen LogP contribution in [-0.4, -0.2) is 24.1 Å². The number of carbonyl (C=O) groups is 1. The lowest BCUT2D eigenvalue weighted by molar-refractivity contribution is -0.120. The quantitative estimate of drug-likeness (QED) is 0.814. The maximum Gasteiger partial charge on any atom is 0.250 e. The summed E-state index contributed by atoms with van der Waals surface area (Å²) in [7, 11) is 0. The van der Waals surface area contributed by atoms with E-state index in [1.807, 2.05) is 30.3 Å². The maximum atomic E-state index is 11.8. The Morgan fingerprint density at radius 1 is 1.26 bits per heavy atom. The minimum Gasteiger partial charge on any atom is -0.489 e. The number of rotatable bonds is 8. The van der Waals surface area contributed by atoms with Crippen molar-refractivity contribution in [3.05, 3.63) is 54.4 Å². The number of benzene rings is 1. The van der Waals surface area contributed by atoms with Crippen LogP contribution in [0, 0.1) is 5.92 Å². The minimum atomic E-state index is -0.143. The van der Waals surface area contributed by atoms with Crippen molar-refractivity contribution in [2.45, 2.75) is 19.4 Å². The number of ether oxygens (including phenoxy) is 2. The Labute approximate surface area is 135 Å². The van der Waals surface area contributed by atoms with E-state index in [2.05, 4.69) is 10.3 Å². The molecular weight excluding hydrogens is 292 g/mol. The van der Waals surface area contributed by atoms with Crippen LogP contribution in [0.4, 0.5) is 5.69 Å². The summed E-state index contributed by atoms with van der Waals surface area (Å²) in [6.07, 6.45) is 5.93. The highest BCUT2D eigenvalue weighted by Gasteiger charge is 2.21. The van der Waals surface area contributed by atoms with Crippen LogP contribution >= 0.6 is 0 Å². The van der Waals surface area contributed by atoms with Gasteiger partial charge >= 0.3 is 0 Å². The first-order chi connectivity index (χ1) is 11.3. The van der Waals surface area contributed by atoms with Crippen LogP contribution in [0.5, 0.6) is 5.75 Å². The Hall–Kier alpha value is -2.40. The monoisotopic (exact) mass is 312 g/mol. The number of carbonyl (C=O) groups excluding carboxylic acids is 1. The molecule has 1 N–H and O–H groups in total. The lowest BCUT2D eigenvalue weighted by Gasteiger charge is -2.09. The molecule has 0 bridgehead atoms. The molecule has 23 heavy (non-hydrogen) atoms. The molecule has 1 fully saturated rings. The average molecular weight is 312 g/mol. The summed E-state index contributed by atoms with van der Waals surface area (Å²) >= 11 is 0. The molecule has 5 nitrogen and oxygen atoms in total. The van der Waals surface area contributed by atoms with Crippen molar-refractivity contribution in [2.24, 2.45) is 5.92 Å². The smallest absolute Gasteiger partial charge is 0.250 e. The maximum absolute atomic E-state index is 11.8. The van der Waals surface area contributed by atoms with Crippen molar-refractivity contribution >= 4 is 11.6 Å². The van der Waals surface area contributed by atoms with Crippen molar-refractivity contribution in [1.82, 2.24) is 4.98 Å². The van der Waals surface area contributed by atoms with E-state index in [4.69, 9.17) is 9.47 Å². The molecule has 120 valence electrons. The number of aromatic nitrogens is 1. The fourth-order valence-electron chi connectivity index (χ4n) is 2.11. The molecule has 1 heterocycles. The molecular formula is C18H20N2O3. The predicted octanol–water partition coefficient (Wildman–Crippen LogP) is 3.03. The fraction of sp³-hybridized carbons (Fsp3) is 0.333. The summed E-state index contributed by atoms with van der Waals surface area (Å²) in [6.45, 7) is 1.22. The van der Waals surface area contributed by atoms with E-state index in [9.17, 15) is 4.79 Å². The van der Waals surface area contributed by atoms with Crippen molar-refractivity contribution < 1.29 is 14.3 Å². The molecule has 1 aliphatic carbocycles. The lowest BCUT2D eigenvalue weighted by Crippen LogP contribution is -2.19. The normalized spacial score (nSPS) is 13.6. The first-order valence-electron chi connectivity index (χ1n) is 7.79. The first-order valence-corrected chi connectivity index (χ1v) is 7.79. The van der Waals surface area contributed by atoms with Gasteiger partial charge in [-0.2, -0.15) is 0 Å². The van der Waals surface area contributed by atoms with E-state index in [0.29, 0.717) is 30.6 Å². The second kappa shape index (κ2) is 7.74. The molecule has 0 spiro atoms. The number of amides is 1. The van der Waals surface area contributed by atoms with E-state index < -0.39 is 0 Å². The molecule has 1 saturated carbocycles. The predicted molar refractivity (Wildman–Crippen MR) is 87.2 cm³/mol. The third-order valence-electron chi connectivity index (χ3n) is 3.53. The molecule has 5 heteroatoms. The highest BCUT2D eigenvalue weighted by molar-refractivity contribution is 5.91. The molecule has 3 rings (SSSR count). The molecule has 1 aliphatic rings. The summed E-state index contributed by atoms with van der Waals surface area (Å²) in [5.41, 5.74) is 1.70. The second-order valence-electron chi connectivity index (χ2n) is 5.68. The number of nitrogens with zero attached hydrogens (tertiary/aromatic N) is 1. The third-order valence-corrected chi connectivity index (χ3v) is 3.53. The van der Waals surface area contributed by atoms with Crippen LogP contribution in [0.1, 0.15) is 18.4 Å². The molecule has 1 amide bonds. The molecule has 0 aliphatic heterocycles. The molecule has 0 atom stereocenters. The van der Waals surface area contributed by atoms with Gasteiger partial charge in [-0.3, -0.25) is 9.78 Å². The Kier molecular flexibility index (Phi) is 5.21. The fourth-order valence-corrected chi connectivity index (χ4v) is 2.11. The lowest BCUT2D eigenvalue weighted by atomic mass is 10.3. The second-order valence-corrected chi connectivity index (χ2v) is 5.68. The van der Waals surface area contributed by atoms with Crippen LogP contribution in [-0.2, 0) is 16.1 Å². The van der Waals surface area contributed by atoms with Crippen LogP contribution in [0.2, 0.25) is 0 Å². The Morgan fingerprint density at radius 2 is 2.17 bits per heavy atom. The number of anilines is 1. The Bertz CT molecular complexity index is 642. The van der Waals surface area contributed by atoms with Crippen molar-refractivity contribution in [2.75, 3.05) is 18.5 Å². The van der Waals surface area contributed by atoms with E-state index in [-0.39, 0.29) is 12.5 Å². The zero-order chi connectivity index (χ0) is 15.9. The standard InChI is InChI=1S/C18H20N2O3/c21-18(13-22-11-14-6-7-14)20-16-4-1-5-17(9-16)23-12-15-3-2-8-19-10-15/h1-5,8-10,14H,6-7,11-13H2,(H,20,21). The summed E-state index contributed by atoms with van der Waals surface area (Å²) in [5, 5.41) is 2.82. The molecule has 1 aromatic carbocycles. The highest BCUT2D eigenvalue weighted by atomic mass is 16.5. The highest BCUT2D eigenvalue weighted by Crippen LogP contribution is 2.28. The topological polar surface area (TPSA) is 60.5 Å². The zero-order valence-corrected chi connectivity index (χ0v) is 12.9. The summed E-state index contributed by atoms with van der Waals surface area (Å²) in [6, 6.07) is 11.2. The van der Waals surface area contributed by atoms with Gasteiger partial charge in [-0.15, -0.1) is 0 Å². The number of hydrogen-bond donors (Lipinski definition) is 1. The van der Waals surface area contributed by atoms with E-state index >= 15 is 0 Å². The largest absolute Gasteiger partial charge is 0.489 e. The molecule has 0 saturated heterocycles. The first kappa shape index (κ1) is 15.5. The van der Waals surface area contributed by atoms with Crippen molar-refractivity contribution in [3.63, 3.8) is 0 Å². The summed E-state index contributed by atoms with van der Waals surface area (Å²) in [4.78, 5) is 15.9. The van der Waals surface area contributed by atoms with E-state index in [0.717, 1.165) is 5.56 Å². The van der Waals surface area contributed by atoms with E-state index in [1.165, 1.54) is 12.8 Å². The number of pyridine rings is 1. The van der Waals surface area contributed by atoms with Crippen LogP contribution in [0.25, 0.3) is 0 Å².